The molecule has 26 heavy (non-hydrogen) atoms. The number of aromatic nitrogens is 1. The molecule has 138 valence electrons. The minimum absolute atomic E-state index is 0.0143. The Hall–Kier alpha value is -1.99. The topological polar surface area (TPSA) is 71.6 Å². The van der Waals surface area contributed by atoms with Crippen LogP contribution in [0.5, 0.6) is 0 Å². The highest BCUT2D eigenvalue weighted by molar-refractivity contribution is 7.99. The Morgan fingerprint density at radius 1 is 1.31 bits per heavy atom. The third-order valence-electron chi connectivity index (χ3n) is 4.92. The maximum atomic E-state index is 13.0. The largest absolute Gasteiger partial charge is 0.461 e. The summed E-state index contributed by atoms with van der Waals surface area (Å²) in [4.78, 5) is 30.3. The van der Waals surface area contributed by atoms with Crippen LogP contribution in [0.2, 0.25) is 0 Å². The summed E-state index contributed by atoms with van der Waals surface area (Å²) in [6.45, 7) is 1.00. The highest BCUT2D eigenvalue weighted by atomic mass is 32.2. The second-order valence-electron chi connectivity index (χ2n) is 6.66. The molecule has 4 rings (SSSR count). The number of nitrogens with zero attached hydrogens (tertiary/aromatic N) is 1. The van der Waals surface area contributed by atoms with E-state index in [0.717, 1.165) is 36.8 Å². The molecule has 1 amide bonds. The lowest BCUT2D eigenvalue weighted by Gasteiger charge is -2.25. The fourth-order valence-electron chi connectivity index (χ4n) is 3.45. The zero-order valence-corrected chi connectivity index (χ0v) is 15.3. The van der Waals surface area contributed by atoms with E-state index in [1.54, 1.807) is 22.9 Å². The van der Waals surface area contributed by atoms with Crippen LogP contribution < -0.4 is 0 Å². The summed E-state index contributed by atoms with van der Waals surface area (Å²) in [5.74, 6) is 0.594. The van der Waals surface area contributed by atoms with Crippen LogP contribution in [-0.4, -0.2) is 58.7 Å². The Morgan fingerprint density at radius 3 is 3.04 bits per heavy atom. The summed E-state index contributed by atoms with van der Waals surface area (Å²) >= 11 is 1.57. The van der Waals surface area contributed by atoms with Crippen LogP contribution in [0.4, 0.5) is 0 Å². The first kappa shape index (κ1) is 17.4. The van der Waals surface area contributed by atoms with Crippen LogP contribution in [-0.2, 0) is 14.3 Å². The van der Waals surface area contributed by atoms with Gasteiger partial charge >= 0.3 is 5.97 Å². The van der Waals surface area contributed by atoms with Crippen molar-refractivity contribution >= 4 is 34.5 Å². The van der Waals surface area contributed by atoms with Crippen LogP contribution in [0.15, 0.2) is 30.5 Å². The first-order valence-corrected chi connectivity index (χ1v) is 10.1. The molecule has 2 aromatic rings. The Balaban J connectivity index is 1.43. The molecule has 2 fully saturated rings. The van der Waals surface area contributed by atoms with E-state index in [1.165, 1.54) is 0 Å². The lowest BCUT2D eigenvalue weighted by Crippen LogP contribution is -2.43. The molecule has 2 atom stereocenters. The van der Waals surface area contributed by atoms with Gasteiger partial charge in [0.2, 0.25) is 0 Å². The number of rotatable bonds is 4. The third kappa shape index (κ3) is 3.46. The summed E-state index contributed by atoms with van der Waals surface area (Å²) < 4.78 is 11.1. The number of thioether (sulfide) groups is 1. The van der Waals surface area contributed by atoms with Crippen molar-refractivity contribution < 1.29 is 19.1 Å². The highest BCUT2D eigenvalue weighted by Gasteiger charge is 2.37. The van der Waals surface area contributed by atoms with Crippen molar-refractivity contribution in [1.82, 2.24) is 9.88 Å². The quantitative estimate of drug-likeness (QED) is 0.833. The third-order valence-corrected chi connectivity index (χ3v) is 5.93. The molecule has 2 aliphatic heterocycles. The number of H-pyrrole nitrogens is 1. The fraction of sp³-hybridized carbons (Fsp3) is 0.474. The van der Waals surface area contributed by atoms with E-state index in [4.69, 9.17) is 9.47 Å². The summed E-state index contributed by atoms with van der Waals surface area (Å²) in [6, 6.07) is 7.13. The van der Waals surface area contributed by atoms with Crippen molar-refractivity contribution in [3.8, 4) is 0 Å². The lowest BCUT2D eigenvalue weighted by atomic mass is 10.1. The van der Waals surface area contributed by atoms with E-state index < -0.39 is 6.04 Å². The minimum atomic E-state index is -0.537. The minimum Gasteiger partial charge on any atom is -0.461 e. The smallest absolute Gasteiger partial charge is 0.329 e. The van der Waals surface area contributed by atoms with Crippen molar-refractivity contribution in [2.75, 3.05) is 24.8 Å². The van der Waals surface area contributed by atoms with Gasteiger partial charge in [0.1, 0.15) is 12.6 Å². The first-order valence-electron chi connectivity index (χ1n) is 8.97. The van der Waals surface area contributed by atoms with Gasteiger partial charge in [-0.2, -0.15) is 0 Å². The molecule has 1 aromatic carbocycles. The molecule has 0 radical (unpaired) electrons. The molecule has 3 heterocycles. The van der Waals surface area contributed by atoms with Crippen molar-refractivity contribution in [3.05, 3.63) is 36.0 Å². The predicted octanol–water partition coefficient (Wildman–Crippen LogP) is 2.80. The molecule has 0 unspecified atom stereocenters. The number of nitrogens with one attached hydrogen (secondary N) is 1. The van der Waals surface area contributed by atoms with Gasteiger partial charge in [-0.05, 0) is 25.3 Å². The molecule has 0 saturated carbocycles. The molecule has 2 aliphatic rings. The van der Waals surface area contributed by atoms with Crippen molar-refractivity contribution in [1.29, 1.82) is 0 Å². The average molecular weight is 374 g/mol. The first-order chi connectivity index (χ1) is 12.7. The van der Waals surface area contributed by atoms with Gasteiger partial charge in [0.15, 0.2) is 0 Å². The van der Waals surface area contributed by atoms with Crippen LogP contribution >= 0.6 is 11.8 Å². The number of fused-ring (bicyclic) bond motifs is 1. The number of carbonyl (C=O) groups excluding carboxylic acids is 2. The number of ether oxygens (including phenoxy) is 2. The normalized spacial score (nSPS) is 23.3. The van der Waals surface area contributed by atoms with Gasteiger partial charge in [0, 0.05) is 29.5 Å². The van der Waals surface area contributed by atoms with Crippen LogP contribution in [0.1, 0.15) is 29.6 Å². The van der Waals surface area contributed by atoms with Crippen molar-refractivity contribution in [2.45, 2.75) is 31.4 Å². The zero-order chi connectivity index (χ0) is 17.9. The van der Waals surface area contributed by atoms with Crippen LogP contribution in [0.25, 0.3) is 10.9 Å². The predicted molar refractivity (Wildman–Crippen MR) is 100 cm³/mol. The summed E-state index contributed by atoms with van der Waals surface area (Å²) in [5.41, 5.74) is 1.51. The van der Waals surface area contributed by atoms with Gasteiger partial charge in [0.25, 0.3) is 5.91 Å². The number of aromatic amines is 1. The van der Waals surface area contributed by atoms with Gasteiger partial charge in [-0.25, -0.2) is 4.79 Å². The number of benzene rings is 1. The Kier molecular flexibility index (Phi) is 5.17. The number of esters is 1. The molecule has 0 spiro atoms. The maximum absolute atomic E-state index is 13.0. The Labute approximate surface area is 156 Å². The molecule has 1 aromatic heterocycles. The van der Waals surface area contributed by atoms with Crippen LogP contribution in [0, 0.1) is 0 Å². The number of hydrogen-bond acceptors (Lipinski definition) is 5. The highest BCUT2D eigenvalue weighted by Crippen LogP contribution is 2.27. The SMILES string of the molecule is O=C(OC[C@@H]1CCCCO1)[C@@H]1CSCN1C(=O)c1c[nH]c2ccccc12. The van der Waals surface area contributed by atoms with E-state index in [1.807, 2.05) is 24.3 Å². The molecule has 7 heteroatoms. The van der Waals surface area contributed by atoms with Gasteiger partial charge in [0.05, 0.1) is 17.5 Å². The lowest BCUT2D eigenvalue weighted by molar-refractivity contribution is -0.153. The standard InChI is InChI=1S/C19H22N2O4S/c22-18(15-9-20-16-7-2-1-6-14(15)16)21-12-26-11-17(21)19(23)25-10-13-5-3-4-8-24-13/h1-2,6-7,9,13,17,20H,3-5,8,10-12H2/t13-,17-/m0/s1. The van der Waals surface area contributed by atoms with Gasteiger partial charge in [-0.15, -0.1) is 11.8 Å². The Morgan fingerprint density at radius 2 is 2.19 bits per heavy atom. The monoisotopic (exact) mass is 374 g/mol. The molecule has 0 aliphatic carbocycles. The van der Waals surface area contributed by atoms with E-state index in [-0.39, 0.29) is 24.6 Å². The van der Waals surface area contributed by atoms with Gasteiger partial charge < -0.3 is 19.4 Å². The second-order valence-corrected chi connectivity index (χ2v) is 7.66. The molecule has 6 nitrogen and oxygen atoms in total. The van der Waals surface area contributed by atoms with E-state index >= 15 is 0 Å². The van der Waals surface area contributed by atoms with Gasteiger partial charge in [-0.1, -0.05) is 18.2 Å². The van der Waals surface area contributed by atoms with E-state index in [9.17, 15) is 9.59 Å². The van der Waals surface area contributed by atoms with E-state index in [2.05, 4.69) is 4.98 Å². The van der Waals surface area contributed by atoms with Crippen molar-refractivity contribution in [2.24, 2.45) is 0 Å². The van der Waals surface area contributed by atoms with E-state index in [0.29, 0.717) is 17.2 Å². The number of carbonyl (C=O) groups is 2. The van der Waals surface area contributed by atoms with Gasteiger partial charge in [-0.3, -0.25) is 4.79 Å². The van der Waals surface area contributed by atoms with Crippen LogP contribution in [0.3, 0.4) is 0 Å². The zero-order valence-electron chi connectivity index (χ0n) is 14.5. The summed E-state index contributed by atoms with van der Waals surface area (Å²) in [7, 11) is 0. The average Bonchev–Trinajstić information content (AvgIpc) is 3.33. The Bertz CT molecular complexity index is 800. The fourth-order valence-corrected chi connectivity index (χ4v) is 4.59. The summed E-state index contributed by atoms with van der Waals surface area (Å²) in [6.07, 6.45) is 4.79. The number of hydrogen-bond donors (Lipinski definition) is 1. The molecular formula is C19H22N2O4S. The molecule has 0 bridgehead atoms. The maximum Gasteiger partial charge on any atom is 0.329 e. The summed E-state index contributed by atoms with van der Waals surface area (Å²) in [5, 5.41) is 0.872. The molecular weight excluding hydrogens is 352 g/mol. The number of para-hydroxylation sites is 1. The molecule has 1 N–H and O–H groups in total. The molecule has 2 saturated heterocycles. The number of amides is 1. The van der Waals surface area contributed by atoms with Crippen molar-refractivity contribution in [3.63, 3.8) is 0 Å². The second kappa shape index (κ2) is 7.72.